The number of anilines is 1. The second-order valence-electron chi connectivity index (χ2n) is 9.14. The predicted octanol–water partition coefficient (Wildman–Crippen LogP) is 6.00. The molecule has 7 nitrogen and oxygen atoms in total. The molecule has 0 bridgehead atoms. The predicted molar refractivity (Wildman–Crippen MR) is 143 cm³/mol. The highest BCUT2D eigenvalue weighted by molar-refractivity contribution is 7.71. The van der Waals surface area contributed by atoms with Gasteiger partial charge in [0.1, 0.15) is 29.6 Å². The van der Waals surface area contributed by atoms with Crippen molar-refractivity contribution in [1.82, 2.24) is 15.0 Å². The zero-order chi connectivity index (χ0) is 27.0. The maximum atomic E-state index is 15.2. The van der Waals surface area contributed by atoms with E-state index in [0.717, 1.165) is 0 Å². The Morgan fingerprint density at radius 1 is 1.13 bits per heavy atom. The number of nitriles is 1. The topological polar surface area (TPSA) is 101 Å². The summed E-state index contributed by atoms with van der Waals surface area (Å²) in [5, 5.41) is 12.7. The van der Waals surface area contributed by atoms with Gasteiger partial charge in [-0.3, -0.25) is 4.98 Å². The SMILES string of the molecule is Cc1nc2cc(F)c(-c3ccc(P4(=O)CCOCC4)nc3)nc2c(NC(C)c2cc(C#N)ccc2F)c1Cl. The van der Waals surface area contributed by atoms with Crippen LogP contribution >= 0.6 is 18.7 Å². The largest absolute Gasteiger partial charge is 0.380 e. The number of aryl methyl sites for hydroxylation is 1. The van der Waals surface area contributed by atoms with Crippen LogP contribution in [0.1, 0.15) is 29.8 Å². The third kappa shape index (κ3) is 4.88. The third-order valence-corrected chi connectivity index (χ3v) is 9.97. The van der Waals surface area contributed by atoms with Crippen molar-refractivity contribution in [3.63, 3.8) is 0 Å². The molecule has 38 heavy (non-hydrogen) atoms. The first-order chi connectivity index (χ1) is 18.2. The van der Waals surface area contributed by atoms with E-state index in [1.54, 1.807) is 26.0 Å². The molecule has 194 valence electrons. The van der Waals surface area contributed by atoms with Gasteiger partial charge in [0, 0.05) is 35.7 Å². The Morgan fingerprint density at radius 2 is 1.89 bits per heavy atom. The molecule has 1 aromatic carbocycles. The number of fused-ring (bicyclic) bond motifs is 1. The number of rotatable bonds is 5. The van der Waals surface area contributed by atoms with Gasteiger partial charge in [-0.1, -0.05) is 11.6 Å². The summed E-state index contributed by atoms with van der Waals surface area (Å²) in [4.78, 5) is 13.3. The van der Waals surface area contributed by atoms with E-state index in [9.17, 15) is 14.2 Å². The van der Waals surface area contributed by atoms with Crippen molar-refractivity contribution in [1.29, 1.82) is 5.26 Å². The van der Waals surface area contributed by atoms with Crippen LogP contribution in [0, 0.1) is 29.9 Å². The van der Waals surface area contributed by atoms with Crippen LogP contribution in [0.2, 0.25) is 5.02 Å². The number of ether oxygens (including phenoxy) is 1. The summed E-state index contributed by atoms with van der Waals surface area (Å²) in [7, 11) is -2.64. The van der Waals surface area contributed by atoms with E-state index >= 15 is 4.39 Å². The highest BCUT2D eigenvalue weighted by atomic mass is 35.5. The smallest absolute Gasteiger partial charge is 0.151 e. The van der Waals surface area contributed by atoms with Crippen LogP contribution in [0.3, 0.4) is 0 Å². The first-order valence-corrected chi connectivity index (χ1v) is 14.4. The lowest BCUT2D eigenvalue weighted by atomic mass is 10.0. The number of halogens is 3. The molecule has 1 N–H and O–H groups in total. The molecule has 1 atom stereocenters. The Kier molecular flexibility index (Phi) is 7.15. The average molecular weight is 554 g/mol. The minimum Gasteiger partial charge on any atom is -0.380 e. The number of hydrogen-bond donors (Lipinski definition) is 1. The molecule has 1 aliphatic heterocycles. The number of nitrogens with one attached hydrogen (secondary N) is 1. The monoisotopic (exact) mass is 553 g/mol. The summed E-state index contributed by atoms with van der Waals surface area (Å²) < 4.78 is 48.4. The highest BCUT2D eigenvalue weighted by Crippen LogP contribution is 2.45. The van der Waals surface area contributed by atoms with Crippen molar-refractivity contribution in [2.24, 2.45) is 0 Å². The van der Waals surface area contributed by atoms with Gasteiger partial charge < -0.3 is 14.6 Å². The lowest BCUT2D eigenvalue weighted by Crippen LogP contribution is -2.23. The second kappa shape index (κ2) is 10.4. The van der Waals surface area contributed by atoms with E-state index in [-0.39, 0.29) is 21.8 Å². The fourth-order valence-electron chi connectivity index (χ4n) is 4.47. The molecule has 11 heteroatoms. The van der Waals surface area contributed by atoms with Crippen molar-refractivity contribution in [2.75, 3.05) is 30.9 Å². The van der Waals surface area contributed by atoms with Crippen molar-refractivity contribution < 1.29 is 18.1 Å². The van der Waals surface area contributed by atoms with Gasteiger partial charge >= 0.3 is 0 Å². The molecular weight excluding hydrogens is 531 g/mol. The van der Waals surface area contributed by atoms with Crippen molar-refractivity contribution >= 4 is 40.9 Å². The normalized spacial score (nSPS) is 15.7. The van der Waals surface area contributed by atoms with Crippen LogP contribution in [0.5, 0.6) is 0 Å². The van der Waals surface area contributed by atoms with E-state index in [0.29, 0.717) is 59.0 Å². The van der Waals surface area contributed by atoms with Crippen LogP contribution in [0.25, 0.3) is 22.3 Å². The van der Waals surface area contributed by atoms with Crippen LogP contribution in [0.4, 0.5) is 14.5 Å². The standard InChI is InChI=1S/C27H23ClF2N5O2P/c1-15(19-11-17(13-31)3-5-20(19)29)34-27-24(28)16(2)33-22-12-21(30)25(35-26(22)27)18-4-6-23(32-14-18)38(36)9-7-37-8-10-38/h3-6,11-12,14-15H,7-10H2,1-2H3,(H,33,34). The van der Waals surface area contributed by atoms with Crippen LogP contribution in [-0.4, -0.2) is 40.5 Å². The summed E-state index contributed by atoms with van der Waals surface area (Å²) in [5.74, 6) is -1.09. The number of hydrogen-bond acceptors (Lipinski definition) is 7. The molecular formula is C27H23ClF2N5O2P. The highest BCUT2D eigenvalue weighted by Gasteiger charge is 2.29. The Morgan fingerprint density at radius 3 is 2.58 bits per heavy atom. The number of pyridine rings is 3. The molecule has 3 aromatic heterocycles. The van der Waals surface area contributed by atoms with Crippen LogP contribution in [-0.2, 0) is 9.30 Å². The molecule has 5 rings (SSSR count). The van der Waals surface area contributed by atoms with Crippen molar-refractivity contribution in [2.45, 2.75) is 19.9 Å². The fourth-order valence-corrected chi connectivity index (χ4v) is 6.80. The molecule has 0 radical (unpaired) electrons. The maximum absolute atomic E-state index is 15.2. The molecule has 4 aromatic rings. The van der Waals surface area contributed by atoms with E-state index in [2.05, 4.69) is 20.3 Å². The van der Waals surface area contributed by atoms with E-state index in [1.165, 1.54) is 30.5 Å². The Bertz CT molecular complexity index is 1630. The van der Waals surface area contributed by atoms with Gasteiger partial charge in [0.2, 0.25) is 0 Å². The lowest BCUT2D eigenvalue weighted by molar-refractivity contribution is 0.156. The molecule has 4 heterocycles. The van der Waals surface area contributed by atoms with Gasteiger partial charge in [-0.15, -0.1) is 0 Å². The third-order valence-electron chi connectivity index (χ3n) is 6.60. The zero-order valence-corrected chi connectivity index (χ0v) is 22.3. The minimum absolute atomic E-state index is 0.0249. The second-order valence-corrected chi connectivity index (χ2v) is 12.7. The quantitative estimate of drug-likeness (QED) is 0.303. The summed E-state index contributed by atoms with van der Waals surface area (Å²) in [6.45, 7) is 4.26. The molecule has 1 aliphatic rings. The zero-order valence-electron chi connectivity index (χ0n) is 20.6. The molecule has 1 unspecified atom stereocenters. The average Bonchev–Trinajstić information content (AvgIpc) is 2.92. The van der Waals surface area contributed by atoms with Crippen molar-refractivity contribution in [3.05, 3.63) is 76.1 Å². The van der Waals surface area contributed by atoms with Crippen LogP contribution in [0.15, 0.2) is 42.6 Å². The lowest BCUT2D eigenvalue weighted by Gasteiger charge is -2.22. The number of nitrogens with zero attached hydrogens (tertiary/aromatic N) is 4. The molecule has 0 saturated carbocycles. The van der Waals surface area contributed by atoms with Gasteiger partial charge in [-0.2, -0.15) is 5.26 Å². The summed E-state index contributed by atoms with van der Waals surface area (Å²) in [6.07, 6.45) is 2.32. The fraction of sp³-hybridized carbons (Fsp3) is 0.259. The Balaban J connectivity index is 1.56. The van der Waals surface area contributed by atoms with Gasteiger partial charge in [0.05, 0.1) is 52.8 Å². The molecule has 0 amide bonds. The molecule has 0 aliphatic carbocycles. The van der Waals surface area contributed by atoms with Gasteiger partial charge in [-0.25, -0.2) is 18.7 Å². The van der Waals surface area contributed by atoms with Gasteiger partial charge in [0.15, 0.2) is 5.82 Å². The first kappa shape index (κ1) is 26.2. The summed E-state index contributed by atoms with van der Waals surface area (Å²) >= 11 is 6.60. The number of aromatic nitrogens is 3. The van der Waals surface area contributed by atoms with Crippen LogP contribution < -0.4 is 10.8 Å². The van der Waals surface area contributed by atoms with E-state index in [1.807, 2.05) is 6.07 Å². The molecule has 0 spiro atoms. The maximum Gasteiger partial charge on any atom is 0.151 e. The number of benzene rings is 1. The van der Waals surface area contributed by atoms with Crippen molar-refractivity contribution in [3.8, 4) is 17.3 Å². The molecule has 1 saturated heterocycles. The van der Waals surface area contributed by atoms with E-state index in [4.69, 9.17) is 16.3 Å². The molecule has 1 fully saturated rings. The summed E-state index contributed by atoms with van der Waals surface area (Å²) in [6, 6.07) is 10.1. The summed E-state index contributed by atoms with van der Waals surface area (Å²) in [5.41, 5.74) is 2.87. The van der Waals surface area contributed by atoms with Gasteiger partial charge in [-0.05, 0) is 44.2 Å². The van der Waals surface area contributed by atoms with E-state index < -0.39 is 24.8 Å². The Hall–Kier alpha value is -3.44. The first-order valence-electron chi connectivity index (χ1n) is 12.0. The minimum atomic E-state index is -2.64. The van der Waals surface area contributed by atoms with Gasteiger partial charge in [0.25, 0.3) is 0 Å². The Labute approximate surface area is 223 Å².